The van der Waals surface area contributed by atoms with Crippen LogP contribution >= 0.6 is 0 Å². The van der Waals surface area contributed by atoms with Gasteiger partial charge in [0.15, 0.2) is 0 Å². The first-order valence-electron chi connectivity index (χ1n) is 6.29. The van der Waals surface area contributed by atoms with Gasteiger partial charge < -0.3 is 5.32 Å². The van der Waals surface area contributed by atoms with Crippen LogP contribution in [-0.4, -0.2) is 16.0 Å². The van der Waals surface area contributed by atoms with E-state index in [0.717, 1.165) is 11.6 Å². The van der Waals surface area contributed by atoms with Crippen molar-refractivity contribution in [1.29, 1.82) is 0 Å². The number of hydrogen-bond donors (Lipinski definition) is 1. The van der Waals surface area contributed by atoms with Crippen molar-refractivity contribution in [3.05, 3.63) is 24.3 Å². The van der Waals surface area contributed by atoms with Gasteiger partial charge in [-0.2, -0.15) is 0 Å². The van der Waals surface area contributed by atoms with Crippen LogP contribution in [0.4, 0.5) is 0 Å². The van der Waals surface area contributed by atoms with Crippen LogP contribution in [0.15, 0.2) is 18.6 Å². The third-order valence-electron chi connectivity index (χ3n) is 3.65. The van der Waals surface area contributed by atoms with Crippen molar-refractivity contribution in [2.45, 2.75) is 51.6 Å². The number of nitrogens with one attached hydrogen (secondary N) is 1. The number of rotatable bonds is 4. The zero-order valence-electron chi connectivity index (χ0n) is 10.2. The van der Waals surface area contributed by atoms with E-state index in [1.165, 1.54) is 25.7 Å². The van der Waals surface area contributed by atoms with E-state index in [-0.39, 0.29) is 0 Å². The molecule has 3 heteroatoms. The lowest BCUT2D eigenvalue weighted by Gasteiger charge is -2.24. The second-order valence-electron chi connectivity index (χ2n) is 4.85. The molecule has 1 aliphatic carbocycles. The fourth-order valence-corrected chi connectivity index (χ4v) is 2.61. The number of aromatic nitrogens is 2. The minimum absolute atomic E-state index is 0.296. The molecular formula is C13H21N3. The summed E-state index contributed by atoms with van der Waals surface area (Å²) in [6.45, 7) is 4.46. The average Bonchev–Trinajstić information content (AvgIpc) is 2.83. The van der Waals surface area contributed by atoms with E-state index in [2.05, 4.69) is 29.1 Å². The standard InChI is InChI=1S/C13H21N3/c1-10(12-5-3-4-6-12)16-11(2)13-9-14-7-8-15-13/h7-12,16H,3-6H2,1-2H3/t10-,11?/m0/s1. The van der Waals surface area contributed by atoms with Gasteiger partial charge in [0.2, 0.25) is 0 Å². The molecule has 3 nitrogen and oxygen atoms in total. The summed E-state index contributed by atoms with van der Waals surface area (Å²) in [5.74, 6) is 0.846. The maximum Gasteiger partial charge on any atom is 0.0753 e. The van der Waals surface area contributed by atoms with Crippen molar-refractivity contribution in [3.8, 4) is 0 Å². The normalized spacial score (nSPS) is 20.9. The molecule has 0 bridgehead atoms. The van der Waals surface area contributed by atoms with Gasteiger partial charge in [-0.3, -0.25) is 9.97 Å². The molecule has 0 amide bonds. The fraction of sp³-hybridized carbons (Fsp3) is 0.692. The fourth-order valence-electron chi connectivity index (χ4n) is 2.61. The summed E-state index contributed by atoms with van der Waals surface area (Å²) in [5, 5.41) is 3.64. The first-order chi connectivity index (χ1) is 7.77. The van der Waals surface area contributed by atoms with Crippen molar-refractivity contribution in [2.24, 2.45) is 5.92 Å². The maximum absolute atomic E-state index is 4.33. The topological polar surface area (TPSA) is 37.8 Å². The third-order valence-corrected chi connectivity index (χ3v) is 3.65. The Labute approximate surface area is 97.7 Å². The molecule has 0 spiro atoms. The molecule has 16 heavy (non-hydrogen) atoms. The lowest BCUT2D eigenvalue weighted by molar-refractivity contribution is 0.349. The molecular weight excluding hydrogens is 198 g/mol. The van der Waals surface area contributed by atoms with Crippen LogP contribution in [0, 0.1) is 5.92 Å². The van der Waals surface area contributed by atoms with Crippen LogP contribution in [0.5, 0.6) is 0 Å². The van der Waals surface area contributed by atoms with Gasteiger partial charge in [0.1, 0.15) is 0 Å². The number of hydrogen-bond acceptors (Lipinski definition) is 3. The minimum Gasteiger partial charge on any atom is -0.306 e. The molecule has 2 atom stereocenters. The molecule has 1 fully saturated rings. The van der Waals surface area contributed by atoms with Crippen molar-refractivity contribution in [2.75, 3.05) is 0 Å². The third kappa shape index (κ3) is 2.79. The second-order valence-corrected chi connectivity index (χ2v) is 4.85. The molecule has 0 aromatic carbocycles. The first kappa shape index (κ1) is 11.5. The van der Waals surface area contributed by atoms with Gasteiger partial charge in [0, 0.05) is 30.7 Å². The van der Waals surface area contributed by atoms with Crippen molar-refractivity contribution >= 4 is 0 Å². The van der Waals surface area contributed by atoms with Gasteiger partial charge in [0.25, 0.3) is 0 Å². The smallest absolute Gasteiger partial charge is 0.0753 e. The van der Waals surface area contributed by atoms with E-state index < -0.39 is 0 Å². The van der Waals surface area contributed by atoms with E-state index in [1.807, 2.05) is 6.20 Å². The van der Waals surface area contributed by atoms with Gasteiger partial charge in [0.05, 0.1) is 5.69 Å². The zero-order valence-corrected chi connectivity index (χ0v) is 10.2. The van der Waals surface area contributed by atoms with Crippen LogP contribution in [0.25, 0.3) is 0 Å². The summed E-state index contributed by atoms with van der Waals surface area (Å²) < 4.78 is 0. The summed E-state index contributed by atoms with van der Waals surface area (Å²) >= 11 is 0. The Kier molecular flexibility index (Phi) is 3.88. The SMILES string of the molecule is CC(N[C@@H](C)C1CCCC1)c1cnccn1. The Morgan fingerprint density at radius 1 is 1.25 bits per heavy atom. The number of nitrogens with zero attached hydrogens (tertiary/aromatic N) is 2. The summed E-state index contributed by atoms with van der Waals surface area (Å²) in [6.07, 6.45) is 10.9. The van der Waals surface area contributed by atoms with Gasteiger partial charge in [-0.25, -0.2) is 0 Å². The minimum atomic E-state index is 0.296. The predicted molar refractivity (Wildman–Crippen MR) is 65.0 cm³/mol. The molecule has 88 valence electrons. The lowest BCUT2D eigenvalue weighted by atomic mass is 9.99. The van der Waals surface area contributed by atoms with Crippen LogP contribution in [-0.2, 0) is 0 Å². The van der Waals surface area contributed by atoms with Gasteiger partial charge in [-0.15, -0.1) is 0 Å². The van der Waals surface area contributed by atoms with Gasteiger partial charge in [-0.1, -0.05) is 12.8 Å². The van der Waals surface area contributed by atoms with Crippen molar-refractivity contribution < 1.29 is 0 Å². The highest BCUT2D eigenvalue weighted by atomic mass is 15.0. The quantitative estimate of drug-likeness (QED) is 0.846. The Bertz CT molecular complexity index is 306. The molecule has 2 rings (SSSR count). The second kappa shape index (κ2) is 5.39. The molecule has 1 N–H and O–H groups in total. The van der Waals surface area contributed by atoms with Crippen LogP contribution < -0.4 is 5.32 Å². The molecule has 1 aromatic heterocycles. The predicted octanol–water partition coefficient (Wildman–Crippen LogP) is 2.71. The molecule has 1 aromatic rings. The van der Waals surface area contributed by atoms with Crippen molar-refractivity contribution in [1.82, 2.24) is 15.3 Å². The molecule has 1 saturated carbocycles. The molecule has 1 heterocycles. The molecule has 1 aliphatic rings. The monoisotopic (exact) mass is 219 g/mol. The molecule has 0 saturated heterocycles. The highest BCUT2D eigenvalue weighted by Crippen LogP contribution is 2.28. The van der Waals surface area contributed by atoms with E-state index in [0.29, 0.717) is 12.1 Å². The van der Waals surface area contributed by atoms with E-state index in [1.54, 1.807) is 12.4 Å². The van der Waals surface area contributed by atoms with Crippen LogP contribution in [0.2, 0.25) is 0 Å². The maximum atomic E-state index is 4.33. The summed E-state index contributed by atoms with van der Waals surface area (Å²) in [4.78, 5) is 8.44. The Balaban J connectivity index is 1.89. The van der Waals surface area contributed by atoms with Gasteiger partial charge in [-0.05, 0) is 32.6 Å². The largest absolute Gasteiger partial charge is 0.306 e. The van der Waals surface area contributed by atoms with Crippen LogP contribution in [0.1, 0.15) is 51.3 Å². The van der Waals surface area contributed by atoms with Crippen LogP contribution in [0.3, 0.4) is 0 Å². The Hall–Kier alpha value is -0.960. The molecule has 1 unspecified atom stereocenters. The van der Waals surface area contributed by atoms with Gasteiger partial charge >= 0.3 is 0 Å². The van der Waals surface area contributed by atoms with E-state index in [9.17, 15) is 0 Å². The zero-order chi connectivity index (χ0) is 11.4. The van der Waals surface area contributed by atoms with Crippen molar-refractivity contribution in [3.63, 3.8) is 0 Å². The first-order valence-corrected chi connectivity index (χ1v) is 6.29. The highest BCUT2D eigenvalue weighted by Gasteiger charge is 2.22. The lowest BCUT2D eigenvalue weighted by Crippen LogP contribution is -2.34. The highest BCUT2D eigenvalue weighted by molar-refractivity contribution is 5.01. The average molecular weight is 219 g/mol. The van der Waals surface area contributed by atoms with E-state index in [4.69, 9.17) is 0 Å². The molecule has 0 radical (unpaired) electrons. The summed E-state index contributed by atoms with van der Waals surface area (Å²) in [5.41, 5.74) is 1.03. The Morgan fingerprint density at radius 3 is 2.62 bits per heavy atom. The summed E-state index contributed by atoms with van der Waals surface area (Å²) in [6, 6.07) is 0.879. The molecule has 0 aliphatic heterocycles. The van der Waals surface area contributed by atoms with E-state index >= 15 is 0 Å². The summed E-state index contributed by atoms with van der Waals surface area (Å²) in [7, 11) is 0. The Morgan fingerprint density at radius 2 is 2.00 bits per heavy atom.